The molecule has 32 heavy (non-hydrogen) atoms. The van der Waals surface area contributed by atoms with Crippen molar-refractivity contribution in [3.63, 3.8) is 0 Å². The van der Waals surface area contributed by atoms with E-state index < -0.39 is 0 Å². The van der Waals surface area contributed by atoms with Crippen molar-refractivity contribution in [1.82, 2.24) is 15.5 Å². The Morgan fingerprint density at radius 1 is 1.03 bits per heavy atom. The molecule has 1 unspecified atom stereocenters. The summed E-state index contributed by atoms with van der Waals surface area (Å²) >= 11 is 0. The number of nitrogens with zero attached hydrogens (tertiary/aromatic N) is 2. The quantitative estimate of drug-likeness (QED) is 0.674. The number of amides is 4. The zero-order valence-electron chi connectivity index (χ0n) is 19.2. The number of benzene rings is 1. The third-order valence-electron chi connectivity index (χ3n) is 6.50. The first-order chi connectivity index (χ1) is 15.3. The lowest BCUT2D eigenvalue weighted by Gasteiger charge is -2.32. The van der Waals surface area contributed by atoms with Gasteiger partial charge in [-0.05, 0) is 56.4 Å². The molecule has 1 aromatic carbocycles. The Balaban J connectivity index is 1.42. The van der Waals surface area contributed by atoms with E-state index in [0.29, 0.717) is 50.4 Å². The van der Waals surface area contributed by atoms with Crippen LogP contribution in [-0.2, 0) is 14.4 Å². The SMILES string of the molecule is CC(C)C(C)NC(=O)C1CCN(C(=O)CNC(=O)c2ccc(N3CCCC3=O)cc2)CC1. The van der Waals surface area contributed by atoms with Crippen LogP contribution >= 0.6 is 0 Å². The van der Waals surface area contributed by atoms with Crippen molar-refractivity contribution >= 4 is 29.3 Å². The first-order valence-corrected chi connectivity index (χ1v) is 11.5. The van der Waals surface area contributed by atoms with Gasteiger partial charge in [-0.15, -0.1) is 0 Å². The van der Waals surface area contributed by atoms with Crippen molar-refractivity contribution in [2.45, 2.75) is 52.5 Å². The summed E-state index contributed by atoms with van der Waals surface area (Å²) in [6.45, 7) is 7.80. The second kappa shape index (κ2) is 10.6. The van der Waals surface area contributed by atoms with E-state index in [1.54, 1.807) is 34.1 Å². The average molecular weight is 443 g/mol. The third kappa shape index (κ3) is 5.87. The molecule has 0 saturated carbocycles. The Morgan fingerprint density at radius 3 is 2.25 bits per heavy atom. The molecule has 0 spiro atoms. The van der Waals surface area contributed by atoms with Crippen LogP contribution in [0.5, 0.6) is 0 Å². The van der Waals surface area contributed by atoms with Crippen molar-refractivity contribution in [2.75, 3.05) is 31.1 Å². The van der Waals surface area contributed by atoms with Crippen LogP contribution in [0.15, 0.2) is 24.3 Å². The fraction of sp³-hybridized carbons (Fsp3) is 0.583. The van der Waals surface area contributed by atoms with E-state index in [9.17, 15) is 19.2 Å². The smallest absolute Gasteiger partial charge is 0.251 e. The number of carbonyl (C=O) groups excluding carboxylic acids is 4. The molecule has 1 atom stereocenters. The maximum Gasteiger partial charge on any atom is 0.251 e. The van der Waals surface area contributed by atoms with Crippen molar-refractivity contribution in [2.24, 2.45) is 11.8 Å². The van der Waals surface area contributed by atoms with E-state index in [-0.39, 0.29) is 42.1 Å². The molecular formula is C24H34N4O4. The summed E-state index contributed by atoms with van der Waals surface area (Å²) in [7, 11) is 0. The van der Waals surface area contributed by atoms with Gasteiger partial charge in [0, 0.05) is 49.3 Å². The van der Waals surface area contributed by atoms with Gasteiger partial charge < -0.3 is 20.4 Å². The fourth-order valence-corrected chi connectivity index (χ4v) is 3.98. The highest BCUT2D eigenvalue weighted by Crippen LogP contribution is 2.22. The standard InChI is InChI=1S/C24H34N4O4/c1-16(2)17(3)26-24(32)19-10-13-27(14-11-19)22(30)15-25-23(31)18-6-8-20(9-7-18)28-12-4-5-21(28)29/h6-9,16-17,19H,4-5,10-15H2,1-3H3,(H,25,31)(H,26,32). The summed E-state index contributed by atoms with van der Waals surface area (Å²) in [5.41, 5.74) is 1.23. The first-order valence-electron chi connectivity index (χ1n) is 11.5. The number of hydrogen-bond donors (Lipinski definition) is 2. The van der Waals surface area contributed by atoms with Crippen molar-refractivity contribution in [3.05, 3.63) is 29.8 Å². The lowest BCUT2D eigenvalue weighted by atomic mass is 9.94. The van der Waals surface area contributed by atoms with E-state index in [4.69, 9.17) is 0 Å². The van der Waals surface area contributed by atoms with Crippen molar-refractivity contribution in [1.29, 1.82) is 0 Å². The predicted octanol–water partition coefficient (Wildman–Crippen LogP) is 1.94. The summed E-state index contributed by atoms with van der Waals surface area (Å²) in [6, 6.07) is 6.99. The predicted molar refractivity (Wildman–Crippen MR) is 122 cm³/mol. The number of anilines is 1. The third-order valence-corrected chi connectivity index (χ3v) is 6.50. The molecular weight excluding hydrogens is 408 g/mol. The molecule has 2 N–H and O–H groups in total. The zero-order valence-corrected chi connectivity index (χ0v) is 19.2. The molecule has 4 amide bonds. The van der Waals surface area contributed by atoms with Crippen molar-refractivity contribution in [3.8, 4) is 0 Å². The molecule has 0 bridgehead atoms. The summed E-state index contributed by atoms with van der Waals surface area (Å²) in [4.78, 5) is 52.6. The molecule has 2 aliphatic rings. The van der Waals surface area contributed by atoms with Crippen LogP contribution in [0.4, 0.5) is 5.69 Å². The lowest BCUT2D eigenvalue weighted by Crippen LogP contribution is -2.47. The van der Waals surface area contributed by atoms with Crippen LogP contribution in [0, 0.1) is 11.8 Å². The summed E-state index contributed by atoms with van der Waals surface area (Å²) in [6.07, 6.45) is 2.67. The van der Waals surface area contributed by atoms with Gasteiger partial charge in [-0.25, -0.2) is 0 Å². The van der Waals surface area contributed by atoms with Gasteiger partial charge in [-0.2, -0.15) is 0 Å². The van der Waals surface area contributed by atoms with Gasteiger partial charge in [0.05, 0.1) is 6.54 Å². The van der Waals surface area contributed by atoms with Gasteiger partial charge >= 0.3 is 0 Å². The minimum atomic E-state index is -0.324. The van der Waals surface area contributed by atoms with Gasteiger partial charge in [0.25, 0.3) is 5.91 Å². The number of piperidine rings is 1. The number of nitrogens with one attached hydrogen (secondary N) is 2. The Kier molecular flexibility index (Phi) is 7.88. The van der Waals surface area contributed by atoms with Crippen LogP contribution in [0.2, 0.25) is 0 Å². The van der Waals surface area contributed by atoms with Gasteiger partial charge in [0.2, 0.25) is 17.7 Å². The lowest BCUT2D eigenvalue weighted by molar-refractivity contribution is -0.135. The number of hydrogen-bond acceptors (Lipinski definition) is 4. The molecule has 2 fully saturated rings. The number of likely N-dealkylation sites (tertiary alicyclic amines) is 1. The van der Waals surface area contributed by atoms with E-state index in [0.717, 1.165) is 12.1 Å². The molecule has 0 aliphatic carbocycles. The Morgan fingerprint density at radius 2 is 1.69 bits per heavy atom. The van der Waals surface area contributed by atoms with Crippen LogP contribution in [0.25, 0.3) is 0 Å². The van der Waals surface area contributed by atoms with Crippen LogP contribution in [0.3, 0.4) is 0 Å². The van der Waals surface area contributed by atoms with Gasteiger partial charge in [0.1, 0.15) is 0 Å². The Labute approximate surface area is 189 Å². The van der Waals surface area contributed by atoms with Crippen LogP contribution in [-0.4, -0.2) is 60.7 Å². The first kappa shape index (κ1) is 23.8. The highest BCUT2D eigenvalue weighted by molar-refractivity contribution is 5.98. The molecule has 174 valence electrons. The molecule has 0 aromatic heterocycles. The van der Waals surface area contributed by atoms with E-state index >= 15 is 0 Å². The monoisotopic (exact) mass is 442 g/mol. The highest BCUT2D eigenvalue weighted by atomic mass is 16.2. The molecule has 2 saturated heterocycles. The van der Waals surface area contributed by atoms with Crippen LogP contribution in [0.1, 0.15) is 56.8 Å². The van der Waals surface area contributed by atoms with E-state index in [2.05, 4.69) is 24.5 Å². The largest absolute Gasteiger partial charge is 0.353 e. The molecule has 3 rings (SSSR count). The molecule has 8 nitrogen and oxygen atoms in total. The molecule has 0 radical (unpaired) electrons. The Bertz CT molecular complexity index is 844. The van der Waals surface area contributed by atoms with E-state index in [1.807, 2.05) is 6.92 Å². The van der Waals surface area contributed by atoms with Crippen molar-refractivity contribution < 1.29 is 19.2 Å². The minimum Gasteiger partial charge on any atom is -0.353 e. The number of carbonyl (C=O) groups is 4. The maximum atomic E-state index is 12.5. The molecule has 2 aliphatic heterocycles. The summed E-state index contributed by atoms with van der Waals surface area (Å²) < 4.78 is 0. The summed E-state index contributed by atoms with van der Waals surface area (Å²) in [5.74, 6) is -0.00484. The molecule has 1 aromatic rings. The summed E-state index contributed by atoms with van der Waals surface area (Å²) in [5, 5.41) is 5.73. The van der Waals surface area contributed by atoms with Gasteiger partial charge in [-0.1, -0.05) is 13.8 Å². The molecule has 8 heteroatoms. The average Bonchev–Trinajstić information content (AvgIpc) is 3.23. The topological polar surface area (TPSA) is 98.8 Å². The van der Waals surface area contributed by atoms with Crippen LogP contribution < -0.4 is 15.5 Å². The fourth-order valence-electron chi connectivity index (χ4n) is 3.98. The second-order valence-corrected chi connectivity index (χ2v) is 9.07. The maximum absolute atomic E-state index is 12.5. The second-order valence-electron chi connectivity index (χ2n) is 9.07. The minimum absolute atomic E-state index is 0.0608. The van der Waals surface area contributed by atoms with E-state index in [1.165, 1.54) is 0 Å². The van der Waals surface area contributed by atoms with Gasteiger partial charge in [0.15, 0.2) is 0 Å². The normalized spacial score (nSPS) is 18.1. The number of rotatable bonds is 7. The van der Waals surface area contributed by atoms with Gasteiger partial charge in [-0.3, -0.25) is 19.2 Å². The Hall–Kier alpha value is -2.90. The zero-order chi connectivity index (χ0) is 23.3. The highest BCUT2D eigenvalue weighted by Gasteiger charge is 2.28. The molecule has 2 heterocycles.